The molecule has 0 saturated carbocycles. The Bertz CT molecular complexity index is 3160. The fraction of sp³-hybridized carbons (Fsp3) is 0. The van der Waals surface area contributed by atoms with Crippen molar-refractivity contribution in [3.8, 4) is 11.1 Å². The van der Waals surface area contributed by atoms with Crippen LogP contribution in [0.2, 0.25) is 0 Å². The van der Waals surface area contributed by atoms with Gasteiger partial charge in [0.1, 0.15) is 5.58 Å². The van der Waals surface area contributed by atoms with Crippen molar-refractivity contribution in [2.45, 2.75) is 0 Å². The van der Waals surface area contributed by atoms with E-state index in [1.165, 1.54) is 42.1 Å². The summed E-state index contributed by atoms with van der Waals surface area (Å²) in [5.74, 6) is 0. The maximum absolute atomic E-state index is 6.93. The molecule has 11 rings (SSSR count). The Morgan fingerprint density at radius 2 is 0.929 bits per heavy atom. The topological polar surface area (TPSA) is 19.6 Å². The first-order valence-electron chi connectivity index (χ1n) is 18.9. The standard InChI is InChI=1S/C52H34N2OS/c1-3-15-37(16-4-1)54(38-17-5-2-6-18-38)48-23-12-22-47-44-31-29-40(33-49(44)55-52(47)48)53(41-30-32-46-45-20-9-10-24-50(45)56-51(46)34-41)39-27-25-36(26-28-39)43-21-11-14-35-13-7-8-19-42(35)43/h1-34H. The molecule has 264 valence electrons. The van der Waals surface area contributed by atoms with Crippen LogP contribution in [0.1, 0.15) is 0 Å². The molecule has 9 aromatic carbocycles. The van der Waals surface area contributed by atoms with Crippen molar-refractivity contribution in [3.05, 3.63) is 206 Å². The van der Waals surface area contributed by atoms with E-state index in [1.54, 1.807) is 0 Å². The van der Waals surface area contributed by atoms with E-state index >= 15 is 0 Å². The minimum atomic E-state index is 0.839. The van der Waals surface area contributed by atoms with E-state index in [1.807, 2.05) is 11.3 Å². The highest BCUT2D eigenvalue weighted by molar-refractivity contribution is 7.25. The van der Waals surface area contributed by atoms with E-state index in [4.69, 9.17) is 4.42 Å². The molecule has 3 nitrogen and oxygen atoms in total. The van der Waals surface area contributed by atoms with Gasteiger partial charge in [0.05, 0.1) is 5.69 Å². The first-order chi connectivity index (χ1) is 27.8. The van der Waals surface area contributed by atoms with Gasteiger partial charge in [-0.3, -0.25) is 0 Å². The van der Waals surface area contributed by atoms with Crippen molar-refractivity contribution in [1.82, 2.24) is 0 Å². The molecule has 0 aliphatic heterocycles. The number of thiophene rings is 1. The maximum atomic E-state index is 6.93. The number of hydrogen-bond donors (Lipinski definition) is 0. The van der Waals surface area contributed by atoms with Gasteiger partial charge in [-0.25, -0.2) is 0 Å². The zero-order valence-corrected chi connectivity index (χ0v) is 31.2. The number of anilines is 6. The molecule has 0 radical (unpaired) electrons. The molecule has 0 fully saturated rings. The predicted molar refractivity (Wildman–Crippen MR) is 239 cm³/mol. The van der Waals surface area contributed by atoms with Gasteiger partial charge in [0.2, 0.25) is 0 Å². The number of para-hydroxylation sites is 3. The minimum Gasteiger partial charge on any atom is -0.454 e. The number of benzene rings is 9. The summed E-state index contributed by atoms with van der Waals surface area (Å²) in [7, 11) is 0. The number of furan rings is 1. The summed E-state index contributed by atoms with van der Waals surface area (Å²) in [6.45, 7) is 0. The van der Waals surface area contributed by atoms with Gasteiger partial charge in [-0.15, -0.1) is 11.3 Å². The molecule has 0 spiro atoms. The lowest BCUT2D eigenvalue weighted by atomic mass is 9.98. The summed E-state index contributed by atoms with van der Waals surface area (Å²) < 4.78 is 9.49. The lowest BCUT2D eigenvalue weighted by Gasteiger charge is -2.26. The summed E-state index contributed by atoms with van der Waals surface area (Å²) in [5.41, 5.74) is 10.4. The van der Waals surface area contributed by atoms with E-state index in [2.05, 4.69) is 216 Å². The average molecular weight is 735 g/mol. The van der Waals surface area contributed by atoms with Crippen LogP contribution >= 0.6 is 11.3 Å². The van der Waals surface area contributed by atoms with Crippen LogP contribution < -0.4 is 9.80 Å². The van der Waals surface area contributed by atoms with Gasteiger partial charge in [-0.05, 0) is 94.7 Å². The minimum absolute atomic E-state index is 0.839. The van der Waals surface area contributed by atoms with Gasteiger partial charge in [-0.2, -0.15) is 0 Å². The Kier molecular flexibility index (Phi) is 7.68. The van der Waals surface area contributed by atoms with Crippen molar-refractivity contribution in [2.24, 2.45) is 0 Å². The molecule has 0 N–H and O–H groups in total. The van der Waals surface area contributed by atoms with Crippen molar-refractivity contribution < 1.29 is 4.42 Å². The van der Waals surface area contributed by atoms with Crippen LogP contribution in [-0.2, 0) is 0 Å². The van der Waals surface area contributed by atoms with Gasteiger partial charge >= 0.3 is 0 Å². The Morgan fingerprint density at radius 3 is 1.71 bits per heavy atom. The molecule has 0 atom stereocenters. The molecule has 4 heteroatoms. The van der Waals surface area contributed by atoms with E-state index in [-0.39, 0.29) is 0 Å². The molecule has 0 unspecified atom stereocenters. The fourth-order valence-corrected chi connectivity index (χ4v) is 9.38. The van der Waals surface area contributed by atoms with Crippen molar-refractivity contribution in [2.75, 3.05) is 9.80 Å². The predicted octanol–water partition coefficient (Wildman–Crippen LogP) is 15.7. The normalized spacial score (nSPS) is 11.6. The summed E-state index contributed by atoms with van der Waals surface area (Å²) >= 11 is 1.84. The summed E-state index contributed by atoms with van der Waals surface area (Å²) in [5, 5.41) is 7.23. The molecule has 2 aromatic heterocycles. The molecular weight excluding hydrogens is 701 g/mol. The molecule has 0 amide bonds. The highest BCUT2D eigenvalue weighted by Gasteiger charge is 2.21. The Morgan fingerprint density at radius 1 is 0.357 bits per heavy atom. The second-order valence-corrected chi connectivity index (χ2v) is 15.2. The third-order valence-electron chi connectivity index (χ3n) is 10.8. The molecule has 56 heavy (non-hydrogen) atoms. The largest absolute Gasteiger partial charge is 0.454 e. The van der Waals surface area contributed by atoms with E-state index in [9.17, 15) is 0 Å². The second kappa shape index (κ2) is 13.3. The number of rotatable bonds is 7. The Balaban J connectivity index is 1.07. The van der Waals surface area contributed by atoms with Crippen molar-refractivity contribution in [3.63, 3.8) is 0 Å². The molecule has 0 saturated heterocycles. The van der Waals surface area contributed by atoms with Crippen LogP contribution in [0.5, 0.6) is 0 Å². The Hall–Kier alpha value is -7.14. The lowest BCUT2D eigenvalue weighted by Crippen LogP contribution is -2.09. The van der Waals surface area contributed by atoms with Gasteiger partial charge in [-0.1, -0.05) is 127 Å². The highest BCUT2D eigenvalue weighted by atomic mass is 32.1. The van der Waals surface area contributed by atoms with Crippen LogP contribution in [-0.4, -0.2) is 0 Å². The fourth-order valence-electron chi connectivity index (χ4n) is 8.24. The summed E-state index contributed by atoms with van der Waals surface area (Å²) in [6.07, 6.45) is 0. The van der Waals surface area contributed by atoms with Crippen molar-refractivity contribution in [1.29, 1.82) is 0 Å². The zero-order chi connectivity index (χ0) is 37.0. The van der Waals surface area contributed by atoms with Crippen LogP contribution in [0.4, 0.5) is 34.1 Å². The molecule has 0 aliphatic rings. The van der Waals surface area contributed by atoms with Crippen LogP contribution in [0.25, 0.3) is 64.0 Å². The quantitative estimate of drug-likeness (QED) is 0.163. The highest BCUT2D eigenvalue weighted by Crippen LogP contribution is 2.45. The first-order valence-corrected chi connectivity index (χ1v) is 19.7. The zero-order valence-electron chi connectivity index (χ0n) is 30.3. The Labute approximate surface area is 328 Å². The number of nitrogens with zero attached hydrogens (tertiary/aromatic N) is 2. The van der Waals surface area contributed by atoms with E-state index in [0.717, 1.165) is 56.1 Å². The molecule has 2 heterocycles. The average Bonchev–Trinajstić information content (AvgIpc) is 3.83. The van der Waals surface area contributed by atoms with E-state index < -0.39 is 0 Å². The van der Waals surface area contributed by atoms with Crippen LogP contribution in [0.15, 0.2) is 211 Å². The molecule has 0 bridgehead atoms. The van der Waals surface area contributed by atoms with Crippen LogP contribution in [0, 0.1) is 0 Å². The van der Waals surface area contributed by atoms with Gasteiger partial charge in [0.25, 0.3) is 0 Å². The van der Waals surface area contributed by atoms with Gasteiger partial charge < -0.3 is 14.2 Å². The lowest BCUT2D eigenvalue weighted by molar-refractivity contribution is 0.669. The maximum Gasteiger partial charge on any atom is 0.159 e. The van der Waals surface area contributed by atoms with Gasteiger partial charge in [0.15, 0.2) is 5.58 Å². The number of fused-ring (bicyclic) bond motifs is 7. The SMILES string of the molecule is c1ccc(N(c2ccccc2)c2cccc3c2oc2cc(N(c4ccc(-c5cccc6ccccc56)cc4)c4ccc5c(c4)sc4ccccc45)ccc23)cc1. The van der Waals surface area contributed by atoms with E-state index in [0.29, 0.717) is 0 Å². The summed E-state index contributed by atoms with van der Waals surface area (Å²) in [6, 6.07) is 73.7. The monoisotopic (exact) mass is 734 g/mol. The summed E-state index contributed by atoms with van der Waals surface area (Å²) in [4.78, 5) is 4.63. The molecular formula is C52H34N2OS. The third kappa shape index (κ3) is 5.42. The molecule has 11 aromatic rings. The third-order valence-corrected chi connectivity index (χ3v) is 12.0. The smallest absolute Gasteiger partial charge is 0.159 e. The van der Waals surface area contributed by atoms with Crippen LogP contribution in [0.3, 0.4) is 0 Å². The first kappa shape index (κ1) is 32.3. The number of hydrogen-bond acceptors (Lipinski definition) is 4. The second-order valence-electron chi connectivity index (χ2n) is 14.1. The molecule has 0 aliphatic carbocycles. The van der Waals surface area contributed by atoms with Gasteiger partial charge in [0, 0.05) is 65.4 Å². The van der Waals surface area contributed by atoms with Crippen molar-refractivity contribution >= 4 is 98.3 Å².